The van der Waals surface area contributed by atoms with Crippen molar-refractivity contribution in [2.24, 2.45) is 0 Å². The van der Waals surface area contributed by atoms with Crippen LogP contribution in [0.25, 0.3) is 0 Å². The third-order valence-electron chi connectivity index (χ3n) is 2.13. The van der Waals surface area contributed by atoms with E-state index < -0.39 is 12.1 Å². The summed E-state index contributed by atoms with van der Waals surface area (Å²) < 4.78 is 9.48. The maximum Gasteiger partial charge on any atom is 0.311 e. The molecule has 0 aromatic heterocycles. The number of esters is 2. The lowest BCUT2D eigenvalue weighted by molar-refractivity contribution is -0.147. The van der Waals surface area contributed by atoms with Crippen molar-refractivity contribution in [2.45, 2.75) is 25.4 Å². The largest absolute Gasteiger partial charge is 0.462 e. The van der Waals surface area contributed by atoms with E-state index in [-0.39, 0.29) is 12.6 Å². The Bertz CT molecular complexity index is 300. The first-order chi connectivity index (χ1) is 8.91. The van der Waals surface area contributed by atoms with Crippen LogP contribution in [0.5, 0.6) is 0 Å². The van der Waals surface area contributed by atoms with Crippen LogP contribution in [0.1, 0.15) is 19.3 Å². The minimum absolute atomic E-state index is 0.0822. The molecule has 0 bridgehead atoms. The van der Waals surface area contributed by atoms with Gasteiger partial charge in [0.15, 0.2) is 0 Å². The molecule has 5 nitrogen and oxygen atoms in total. The van der Waals surface area contributed by atoms with Crippen LogP contribution in [-0.2, 0) is 19.1 Å². The van der Waals surface area contributed by atoms with Crippen molar-refractivity contribution in [1.82, 2.24) is 4.90 Å². The highest BCUT2D eigenvalue weighted by molar-refractivity contribution is 5.73. The van der Waals surface area contributed by atoms with Gasteiger partial charge in [0, 0.05) is 19.8 Å². The molecule has 1 atom stereocenters. The van der Waals surface area contributed by atoms with E-state index in [1.165, 1.54) is 0 Å². The smallest absolute Gasteiger partial charge is 0.311 e. The highest BCUT2D eigenvalue weighted by Crippen LogP contribution is 2.02. The number of hydrogen-bond acceptors (Lipinski definition) is 5. The molecular formula is C14H21NO4. The van der Waals surface area contributed by atoms with Gasteiger partial charge in [0.1, 0.15) is 12.7 Å². The van der Waals surface area contributed by atoms with Gasteiger partial charge in [0.2, 0.25) is 0 Å². The Balaban J connectivity index is 3.64. The molecule has 0 heterocycles. The van der Waals surface area contributed by atoms with E-state index in [0.29, 0.717) is 12.8 Å². The fourth-order valence-corrected chi connectivity index (χ4v) is 1.24. The SMILES string of the molecule is [CH]C(=O)OC/C=C\CC([CH])OC(=O)CCCN(C)C. The molecular weight excluding hydrogens is 246 g/mol. The van der Waals surface area contributed by atoms with Crippen LogP contribution < -0.4 is 0 Å². The van der Waals surface area contributed by atoms with Crippen LogP contribution in [0.4, 0.5) is 0 Å². The molecule has 19 heavy (non-hydrogen) atoms. The molecule has 0 N–H and O–H groups in total. The number of nitrogens with zero attached hydrogens (tertiary/aromatic N) is 1. The zero-order valence-electron chi connectivity index (χ0n) is 11.5. The number of hydrogen-bond donors (Lipinski definition) is 0. The zero-order chi connectivity index (χ0) is 14.7. The predicted octanol–water partition coefficient (Wildman–Crippen LogP) is 1.15. The van der Waals surface area contributed by atoms with E-state index in [0.717, 1.165) is 13.0 Å². The van der Waals surface area contributed by atoms with E-state index in [4.69, 9.17) is 18.6 Å². The molecule has 0 aliphatic heterocycles. The standard InChI is InChI=1S/C14H21NO4/c1-12(8-5-6-11-18-13(2)16)19-14(17)9-7-10-15(3)4/h1-2,5-6,12H,7-11H2,3-4H3/b6-5-. The quantitative estimate of drug-likeness (QED) is 0.463. The van der Waals surface area contributed by atoms with Gasteiger partial charge in [-0.3, -0.25) is 9.59 Å². The minimum Gasteiger partial charge on any atom is -0.462 e. The van der Waals surface area contributed by atoms with Gasteiger partial charge in [-0.25, -0.2) is 0 Å². The van der Waals surface area contributed by atoms with Crippen molar-refractivity contribution in [2.75, 3.05) is 27.2 Å². The fourth-order valence-electron chi connectivity index (χ4n) is 1.24. The Morgan fingerprint density at radius 2 is 2.00 bits per heavy atom. The molecule has 0 aromatic rings. The van der Waals surface area contributed by atoms with Crippen molar-refractivity contribution in [1.29, 1.82) is 0 Å². The highest BCUT2D eigenvalue weighted by Gasteiger charge is 2.08. The van der Waals surface area contributed by atoms with Gasteiger partial charge >= 0.3 is 11.9 Å². The molecule has 1 unspecified atom stereocenters. The monoisotopic (exact) mass is 267 g/mol. The average molecular weight is 267 g/mol. The Kier molecular flexibility index (Phi) is 9.80. The first kappa shape index (κ1) is 17.6. The molecule has 4 radical (unpaired) electrons. The highest BCUT2D eigenvalue weighted by atomic mass is 16.5. The predicted molar refractivity (Wildman–Crippen MR) is 71.0 cm³/mol. The molecule has 106 valence electrons. The first-order valence-corrected chi connectivity index (χ1v) is 6.09. The van der Waals surface area contributed by atoms with Gasteiger partial charge < -0.3 is 14.4 Å². The third kappa shape index (κ3) is 12.9. The minimum atomic E-state index is -0.832. The van der Waals surface area contributed by atoms with Crippen molar-refractivity contribution >= 4 is 11.9 Å². The van der Waals surface area contributed by atoms with Crippen LogP contribution in [0, 0.1) is 13.8 Å². The molecule has 0 aliphatic rings. The number of ether oxygens (including phenoxy) is 2. The third-order valence-corrected chi connectivity index (χ3v) is 2.13. The first-order valence-electron chi connectivity index (χ1n) is 6.09. The summed E-state index contributed by atoms with van der Waals surface area (Å²) in [6, 6.07) is 0. The van der Waals surface area contributed by atoms with Gasteiger partial charge in [-0.05, 0) is 27.1 Å². The molecule has 0 saturated carbocycles. The van der Waals surface area contributed by atoms with Gasteiger partial charge in [0.05, 0.1) is 6.92 Å². The normalized spacial score (nSPS) is 12.7. The maximum absolute atomic E-state index is 11.4. The van der Waals surface area contributed by atoms with Crippen LogP contribution in [-0.4, -0.2) is 50.2 Å². The van der Waals surface area contributed by atoms with E-state index in [1.54, 1.807) is 12.2 Å². The lowest BCUT2D eigenvalue weighted by Crippen LogP contribution is -2.18. The van der Waals surface area contributed by atoms with Crippen LogP contribution in [0.3, 0.4) is 0 Å². The molecule has 0 aliphatic carbocycles. The van der Waals surface area contributed by atoms with Crippen LogP contribution in [0.15, 0.2) is 12.2 Å². The second-order valence-corrected chi connectivity index (χ2v) is 4.27. The van der Waals surface area contributed by atoms with Crippen molar-refractivity contribution in [3.8, 4) is 0 Å². The Labute approximate surface area is 115 Å². The summed E-state index contributed by atoms with van der Waals surface area (Å²) in [6.07, 6.45) is 4.02. The summed E-state index contributed by atoms with van der Waals surface area (Å²) in [7, 11) is 3.88. The number of carbonyl (C=O) groups is 2. The Morgan fingerprint density at radius 1 is 1.32 bits per heavy atom. The molecule has 0 saturated heterocycles. The second kappa shape index (κ2) is 10.6. The molecule has 0 aromatic carbocycles. The molecule has 5 heteroatoms. The fraction of sp³-hybridized carbons (Fsp3) is 0.571. The van der Waals surface area contributed by atoms with E-state index >= 15 is 0 Å². The second-order valence-electron chi connectivity index (χ2n) is 4.27. The molecule has 0 amide bonds. The van der Waals surface area contributed by atoms with Gasteiger partial charge in [0.25, 0.3) is 0 Å². The lowest BCUT2D eigenvalue weighted by atomic mass is 10.2. The van der Waals surface area contributed by atoms with E-state index in [2.05, 4.69) is 4.74 Å². The Morgan fingerprint density at radius 3 is 2.58 bits per heavy atom. The van der Waals surface area contributed by atoms with Crippen LogP contribution in [0.2, 0.25) is 0 Å². The zero-order valence-corrected chi connectivity index (χ0v) is 11.5. The number of carbonyl (C=O) groups excluding carboxylic acids is 2. The van der Waals surface area contributed by atoms with Crippen molar-refractivity contribution in [3.05, 3.63) is 26.0 Å². The molecule has 0 spiro atoms. The van der Waals surface area contributed by atoms with Gasteiger partial charge in [-0.15, -0.1) is 0 Å². The topological polar surface area (TPSA) is 55.8 Å². The summed E-state index contributed by atoms with van der Waals surface area (Å²) in [6.45, 7) is 11.3. The van der Waals surface area contributed by atoms with Gasteiger partial charge in [-0.1, -0.05) is 12.2 Å². The summed E-state index contributed by atoms with van der Waals surface area (Å²) in [5.41, 5.74) is 0. The Hall–Kier alpha value is -1.36. The van der Waals surface area contributed by atoms with E-state index in [9.17, 15) is 9.59 Å². The summed E-state index contributed by atoms with van der Waals surface area (Å²) >= 11 is 0. The summed E-state index contributed by atoms with van der Waals surface area (Å²) in [5, 5.41) is 0. The molecule has 0 rings (SSSR count). The number of rotatable bonds is 9. The van der Waals surface area contributed by atoms with Gasteiger partial charge in [-0.2, -0.15) is 0 Å². The average Bonchev–Trinajstić information content (AvgIpc) is 2.27. The molecule has 0 fully saturated rings. The van der Waals surface area contributed by atoms with E-state index in [1.807, 2.05) is 19.0 Å². The lowest BCUT2D eigenvalue weighted by Gasteiger charge is -2.12. The summed E-state index contributed by atoms with van der Waals surface area (Å²) in [4.78, 5) is 23.6. The van der Waals surface area contributed by atoms with Crippen molar-refractivity contribution in [3.63, 3.8) is 0 Å². The van der Waals surface area contributed by atoms with Crippen molar-refractivity contribution < 1.29 is 19.1 Å². The van der Waals surface area contributed by atoms with Crippen LogP contribution >= 0.6 is 0 Å². The summed E-state index contributed by atoms with van der Waals surface area (Å²) in [5.74, 6) is -1.14. The maximum atomic E-state index is 11.4.